The summed E-state index contributed by atoms with van der Waals surface area (Å²) in [4.78, 5) is 17.6. The van der Waals surface area contributed by atoms with Crippen LogP contribution in [0.25, 0.3) is 0 Å². The van der Waals surface area contributed by atoms with Gasteiger partial charge in [-0.25, -0.2) is 17.6 Å². The molecule has 4 fully saturated rings. The van der Waals surface area contributed by atoms with Gasteiger partial charge in [0.2, 0.25) is 10.0 Å². The fourth-order valence-electron chi connectivity index (χ4n) is 7.39. The Morgan fingerprint density at radius 2 is 1.83 bits per heavy atom. The number of hydrogen-bond acceptors (Lipinski definition) is 6. The Morgan fingerprint density at radius 1 is 1.11 bits per heavy atom. The average Bonchev–Trinajstić information content (AvgIpc) is 3.45. The van der Waals surface area contributed by atoms with Gasteiger partial charge in [-0.05, 0) is 81.8 Å². The zero-order valence-corrected chi connectivity index (χ0v) is 21.7. The Hall–Kier alpha value is -1.91. The lowest BCUT2D eigenvalue weighted by molar-refractivity contribution is -0.0283. The molecule has 2 bridgehead atoms. The Bertz CT molecular complexity index is 1100. The maximum atomic E-state index is 14.2. The molecule has 0 aliphatic carbocycles. The van der Waals surface area contributed by atoms with Crippen LogP contribution in [0.15, 0.2) is 18.2 Å². The molecule has 0 N–H and O–H groups in total. The number of sulfonamides is 1. The number of rotatable bonds is 3. The van der Waals surface area contributed by atoms with Crippen LogP contribution < -0.4 is 4.31 Å². The second kappa shape index (κ2) is 9.13. The molecule has 1 amide bonds. The Morgan fingerprint density at radius 3 is 2.47 bits per heavy atom. The second-order valence-corrected chi connectivity index (χ2v) is 13.3. The highest BCUT2D eigenvalue weighted by molar-refractivity contribution is 7.92. The SMILES string of the molecule is CS(=O)(=O)N1CC2(CCN(C3CC4CCCC(C3)N4C(=O)O[C@H]3CCOC3)CC2)c2cc(F)ccc21. The molecule has 0 radical (unpaired) electrons. The van der Waals surface area contributed by atoms with Crippen LogP contribution in [0.3, 0.4) is 0 Å². The minimum Gasteiger partial charge on any atom is -0.444 e. The van der Waals surface area contributed by atoms with Gasteiger partial charge in [0.05, 0.1) is 25.2 Å². The molecule has 8 nitrogen and oxygen atoms in total. The van der Waals surface area contributed by atoms with Crippen LogP contribution in [0, 0.1) is 5.82 Å². The summed E-state index contributed by atoms with van der Waals surface area (Å²) < 4.78 is 51.8. The topological polar surface area (TPSA) is 79.4 Å². The number of fused-ring (bicyclic) bond motifs is 4. The van der Waals surface area contributed by atoms with Gasteiger partial charge >= 0.3 is 6.09 Å². The molecule has 6 rings (SSSR count). The Labute approximate surface area is 212 Å². The average molecular weight is 522 g/mol. The van der Waals surface area contributed by atoms with Gasteiger partial charge in [-0.2, -0.15) is 0 Å². The van der Waals surface area contributed by atoms with E-state index in [1.807, 2.05) is 4.90 Å². The zero-order chi connectivity index (χ0) is 25.1. The fraction of sp³-hybridized carbons (Fsp3) is 0.731. The number of amides is 1. The number of nitrogens with zero attached hydrogens (tertiary/aromatic N) is 3. The molecule has 0 saturated carbocycles. The number of benzene rings is 1. The molecule has 2 unspecified atom stereocenters. The lowest BCUT2D eigenvalue weighted by Crippen LogP contribution is -2.60. The van der Waals surface area contributed by atoms with Crippen LogP contribution in [-0.4, -0.2) is 87.6 Å². The molecule has 10 heteroatoms. The van der Waals surface area contributed by atoms with Crippen LogP contribution in [-0.2, 0) is 24.9 Å². The van der Waals surface area contributed by atoms with Crippen molar-refractivity contribution in [2.75, 3.05) is 43.4 Å². The quantitative estimate of drug-likeness (QED) is 0.608. The van der Waals surface area contributed by atoms with Crippen LogP contribution in [0.1, 0.15) is 56.9 Å². The van der Waals surface area contributed by atoms with Gasteiger partial charge in [-0.15, -0.1) is 0 Å². The van der Waals surface area contributed by atoms with Crippen molar-refractivity contribution in [2.24, 2.45) is 0 Å². The Balaban J connectivity index is 1.14. The predicted octanol–water partition coefficient (Wildman–Crippen LogP) is 3.25. The summed E-state index contributed by atoms with van der Waals surface area (Å²) >= 11 is 0. The van der Waals surface area contributed by atoms with Crippen LogP contribution in [0.5, 0.6) is 0 Å². The molecule has 198 valence electrons. The maximum absolute atomic E-state index is 14.2. The molecular weight excluding hydrogens is 485 g/mol. The third-order valence-electron chi connectivity index (χ3n) is 9.23. The van der Waals surface area contributed by atoms with Crippen molar-refractivity contribution in [1.29, 1.82) is 0 Å². The minimum absolute atomic E-state index is 0.125. The first-order valence-electron chi connectivity index (χ1n) is 13.3. The maximum Gasteiger partial charge on any atom is 0.410 e. The monoisotopic (exact) mass is 521 g/mol. The van der Waals surface area contributed by atoms with E-state index in [1.165, 1.54) is 16.6 Å². The van der Waals surface area contributed by atoms with Gasteiger partial charge in [-0.3, -0.25) is 4.31 Å². The molecule has 5 aliphatic rings. The van der Waals surface area contributed by atoms with Crippen molar-refractivity contribution in [2.45, 2.75) is 81.0 Å². The van der Waals surface area contributed by atoms with Crippen molar-refractivity contribution in [3.8, 4) is 0 Å². The van der Waals surface area contributed by atoms with E-state index in [-0.39, 0.29) is 35.5 Å². The molecule has 4 saturated heterocycles. The van der Waals surface area contributed by atoms with Gasteiger partial charge in [0.1, 0.15) is 11.9 Å². The van der Waals surface area contributed by atoms with E-state index in [1.54, 1.807) is 12.1 Å². The molecule has 5 heterocycles. The number of hydrogen-bond donors (Lipinski definition) is 0. The van der Waals surface area contributed by atoms with Crippen LogP contribution in [0.4, 0.5) is 14.9 Å². The zero-order valence-electron chi connectivity index (χ0n) is 20.9. The number of piperidine rings is 3. The normalized spacial score (nSPS) is 32.1. The van der Waals surface area contributed by atoms with E-state index >= 15 is 0 Å². The highest BCUT2D eigenvalue weighted by Crippen LogP contribution is 2.49. The number of likely N-dealkylation sites (tertiary alicyclic amines) is 1. The smallest absolute Gasteiger partial charge is 0.410 e. The van der Waals surface area contributed by atoms with Crippen molar-refractivity contribution >= 4 is 21.8 Å². The highest BCUT2D eigenvalue weighted by atomic mass is 32.2. The van der Waals surface area contributed by atoms with Crippen molar-refractivity contribution in [1.82, 2.24) is 9.80 Å². The van der Waals surface area contributed by atoms with E-state index < -0.39 is 10.0 Å². The molecule has 1 aromatic rings. The van der Waals surface area contributed by atoms with E-state index in [2.05, 4.69) is 4.90 Å². The molecule has 5 aliphatic heterocycles. The van der Waals surface area contributed by atoms with E-state index in [0.717, 1.165) is 70.0 Å². The van der Waals surface area contributed by atoms with Gasteiger partial charge < -0.3 is 19.3 Å². The highest BCUT2D eigenvalue weighted by Gasteiger charge is 2.50. The summed E-state index contributed by atoms with van der Waals surface area (Å²) in [6.07, 6.45) is 8.35. The lowest BCUT2D eigenvalue weighted by atomic mass is 9.73. The van der Waals surface area contributed by atoms with Gasteiger partial charge in [0.15, 0.2) is 0 Å². The third kappa shape index (κ3) is 4.28. The first-order valence-corrected chi connectivity index (χ1v) is 15.2. The second-order valence-electron chi connectivity index (χ2n) is 11.4. The number of ether oxygens (including phenoxy) is 2. The summed E-state index contributed by atoms with van der Waals surface area (Å²) in [5.74, 6) is -0.317. The Kier molecular flexibility index (Phi) is 6.20. The molecule has 36 heavy (non-hydrogen) atoms. The third-order valence-corrected chi connectivity index (χ3v) is 10.4. The molecule has 3 atom stereocenters. The molecule has 1 spiro atoms. The largest absolute Gasteiger partial charge is 0.444 e. The van der Waals surface area contributed by atoms with Crippen LogP contribution in [0.2, 0.25) is 0 Å². The van der Waals surface area contributed by atoms with Crippen molar-refractivity contribution in [3.63, 3.8) is 0 Å². The number of carbonyl (C=O) groups is 1. The number of carbonyl (C=O) groups excluding carboxylic acids is 1. The fourth-order valence-corrected chi connectivity index (χ4v) is 8.39. The predicted molar refractivity (Wildman–Crippen MR) is 133 cm³/mol. The van der Waals surface area contributed by atoms with E-state index in [0.29, 0.717) is 31.5 Å². The first kappa shape index (κ1) is 24.4. The summed E-state index contributed by atoms with van der Waals surface area (Å²) in [6.45, 7) is 3.24. The molecule has 1 aromatic carbocycles. The number of anilines is 1. The molecular formula is C26H36FN3O5S. The van der Waals surface area contributed by atoms with Gasteiger partial charge in [0.25, 0.3) is 0 Å². The van der Waals surface area contributed by atoms with Crippen LogP contribution >= 0.6 is 0 Å². The lowest BCUT2D eigenvalue weighted by Gasteiger charge is -2.52. The van der Waals surface area contributed by atoms with E-state index in [9.17, 15) is 17.6 Å². The van der Waals surface area contributed by atoms with Crippen molar-refractivity contribution in [3.05, 3.63) is 29.6 Å². The summed E-state index contributed by atoms with van der Waals surface area (Å²) in [5, 5.41) is 0. The molecule has 0 aromatic heterocycles. The van der Waals surface area contributed by atoms with Crippen molar-refractivity contribution < 1.29 is 27.1 Å². The summed E-state index contributed by atoms with van der Waals surface area (Å²) in [7, 11) is -3.43. The first-order chi connectivity index (χ1) is 17.2. The van der Waals surface area contributed by atoms with Gasteiger partial charge in [-0.1, -0.05) is 0 Å². The summed E-state index contributed by atoms with van der Waals surface area (Å²) in [6, 6.07) is 5.31. The van der Waals surface area contributed by atoms with E-state index in [4.69, 9.17) is 9.47 Å². The standard InChI is InChI=1S/C26H36FN3O5S/c1-36(32,33)29-17-26(23-13-18(27)5-6-24(23)29)8-10-28(11-9-26)21-14-19-3-2-4-20(15-21)30(19)25(31)35-22-7-12-34-16-22/h5-6,13,19-22H,2-4,7-12,14-17H2,1H3/t19?,20?,21?,22-/m0/s1. The number of halogens is 1. The summed E-state index contributed by atoms with van der Waals surface area (Å²) in [5.41, 5.74) is 1.11. The minimum atomic E-state index is -3.43. The van der Waals surface area contributed by atoms with Gasteiger partial charge in [0, 0.05) is 36.5 Å².